The standard InChI is InChI=1S/C30H33N3O3.2CH4O3S/c31-16-27(28(34)33-26-6-5-25-17-32-8-7-24(25)12-26)23-3-1-19(2-4-23)18-36-29(35)30-13-20-9-21(14-30)11-22(10-20)15-30;2*1-5(2,3)4/h1-8,12,17,20-22,27H,9-11,13-16,18,31H2,(H,33,34);2*1H3,(H,2,3,4)/t20?,21?,22?,27-,30?;;/m1../s1. The number of fused-ring (bicyclic) bond motifs is 1. The zero-order chi connectivity index (χ0) is 33.7. The highest BCUT2D eigenvalue weighted by Crippen LogP contribution is 2.60. The lowest BCUT2D eigenvalue weighted by Crippen LogP contribution is -2.50. The number of nitrogens with one attached hydrogen (secondary N) is 1. The average Bonchev–Trinajstić information content (AvgIpc) is 2.94. The Hall–Kier alpha value is -3.43. The predicted molar refractivity (Wildman–Crippen MR) is 174 cm³/mol. The summed E-state index contributed by atoms with van der Waals surface area (Å²) in [7, 11) is -7.33. The third kappa shape index (κ3) is 10.3. The quantitative estimate of drug-likeness (QED) is 0.207. The smallest absolute Gasteiger partial charge is 0.312 e. The van der Waals surface area contributed by atoms with Gasteiger partial charge in [0.1, 0.15) is 6.61 Å². The van der Waals surface area contributed by atoms with Gasteiger partial charge in [0.25, 0.3) is 20.2 Å². The number of carbonyl (C=O) groups excluding carboxylic acids is 2. The van der Waals surface area contributed by atoms with Crippen LogP contribution in [0.3, 0.4) is 0 Å². The van der Waals surface area contributed by atoms with Gasteiger partial charge in [0, 0.05) is 30.0 Å². The van der Waals surface area contributed by atoms with E-state index in [0.717, 1.165) is 46.8 Å². The minimum absolute atomic E-state index is 0.00365. The van der Waals surface area contributed by atoms with Crippen LogP contribution in [-0.4, -0.2) is 61.9 Å². The van der Waals surface area contributed by atoms with Crippen LogP contribution in [0.1, 0.15) is 55.6 Å². The average molecular weight is 676 g/mol. The number of anilines is 1. The molecule has 0 spiro atoms. The fourth-order valence-corrected chi connectivity index (χ4v) is 7.29. The van der Waals surface area contributed by atoms with Crippen molar-refractivity contribution < 1.29 is 40.3 Å². The Morgan fingerprint density at radius 3 is 1.98 bits per heavy atom. The van der Waals surface area contributed by atoms with Gasteiger partial charge in [-0.25, -0.2) is 0 Å². The normalized spacial score (nSPS) is 23.7. The summed E-state index contributed by atoms with van der Waals surface area (Å²) in [6.45, 7) is 0.468. The number of hydrogen-bond acceptors (Lipinski definition) is 9. The molecule has 2 aromatic carbocycles. The highest BCUT2D eigenvalue weighted by atomic mass is 32.2. The van der Waals surface area contributed by atoms with E-state index < -0.39 is 26.2 Å². The van der Waals surface area contributed by atoms with E-state index >= 15 is 0 Å². The van der Waals surface area contributed by atoms with E-state index in [2.05, 4.69) is 10.3 Å². The summed E-state index contributed by atoms with van der Waals surface area (Å²) in [6, 6.07) is 15.4. The van der Waals surface area contributed by atoms with Crippen LogP contribution in [0.5, 0.6) is 0 Å². The number of nitrogens with two attached hydrogens (primary N) is 1. The Morgan fingerprint density at radius 1 is 0.913 bits per heavy atom. The van der Waals surface area contributed by atoms with Crippen LogP contribution in [0.25, 0.3) is 10.8 Å². The van der Waals surface area contributed by atoms with Crippen molar-refractivity contribution in [3.05, 3.63) is 72.1 Å². The first kappa shape index (κ1) is 35.4. The molecular weight excluding hydrogens is 634 g/mol. The molecule has 12 nitrogen and oxygen atoms in total. The molecule has 4 aliphatic rings. The van der Waals surface area contributed by atoms with Crippen LogP contribution >= 0.6 is 0 Å². The largest absolute Gasteiger partial charge is 0.460 e. The summed E-state index contributed by atoms with van der Waals surface area (Å²) in [5, 5.41) is 5.02. The Bertz CT molecular complexity index is 1680. The Morgan fingerprint density at radius 2 is 1.46 bits per heavy atom. The van der Waals surface area contributed by atoms with Crippen molar-refractivity contribution in [2.75, 3.05) is 24.4 Å². The van der Waals surface area contributed by atoms with Gasteiger partial charge in [-0.2, -0.15) is 16.8 Å². The second kappa shape index (κ2) is 14.6. The van der Waals surface area contributed by atoms with Crippen LogP contribution < -0.4 is 11.1 Å². The van der Waals surface area contributed by atoms with Crippen molar-refractivity contribution in [3.63, 3.8) is 0 Å². The Kier molecular flexibility index (Phi) is 11.2. The highest BCUT2D eigenvalue weighted by molar-refractivity contribution is 7.85. The number of esters is 1. The molecule has 4 fully saturated rings. The van der Waals surface area contributed by atoms with E-state index in [1.165, 1.54) is 19.3 Å². The molecule has 4 saturated carbocycles. The molecule has 0 aliphatic heterocycles. The van der Waals surface area contributed by atoms with E-state index in [-0.39, 0.29) is 30.4 Å². The number of carbonyl (C=O) groups is 2. The molecule has 1 atom stereocenters. The zero-order valence-corrected chi connectivity index (χ0v) is 27.5. The molecule has 5 N–H and O–H groups in total. The van der Waals surface area contributed by atoms with Crippen LogP contribution in [0, 0.1) is 23.2 Å². The molecule has 0 saturated heterocycles. The van der Waals surface area contributed by atoms with E-state index in [0.29, 0.717) is 30.3 Å². The molecule has 1 heterocycles. The molecule has 0 unspecified atom stereocenters. The Balaban J connectivity index is 0.000000421. The molecule has 4 aliphatic carbocycles. The first-order valence-corrected chi connectivity index (χ1v) is 18.7. The molecule has 7 rings (SSSR count). The molecular formula is C32H41N3O9S2. The van der Waals surface area contributed by atoms with Gasteiger partial charge in [0.05, 0.1) is 23.8 Å². The van der Waals surface area contributed by atoms with Crippen molar-refractivity contribution in [2.24, 2.45) is 28.9 Å². The number of pyridine rings is 1. The van der Waals surface area contributed by atoms with E-state index in [4.69, 9.17) is 19.6 Å². The second-order valence-corrected chi connectivity index (χ2v) is 15.6. The first-order valence-electron chi connectivity index (χ1n) is 15.0. The Labute approximate surface area is 269 Å². The lowest BCUT2D eigenvalue weighted by atomic mass is 9.49. The lowest BCUT2D eigenvalue weighted by molar-refractivity contribution is -0.173. The van der Waals surface area contributed by atoms with Crippen molar-refractivity contribution in [1.82, 2.24) is 4.98 Å². The number of nitrogens with zero attached hydrogens (tertiary/aromatic N) is 1. The van der Waals surface area contributed by atoms with Gasteiger partial charge in [-0.1, -0.05) is 30.3 Å². The van der Waals surface area contributed by atoms with Gasteiger partial charge in [0.2, 0.25) is 5.91 Å². The van der Waals surface area contributed by atoms with Crippen LogP contribution in [0.2, 0.25) is 0 Å². The summed E-state index contributed by atoms with van der Waals surface area (Å²) in [5.41, 5.74) is 8.25. The molecule has 0 radical (unpaired) electrons. The fraction of sp³-hybridized carbons (Fsp3) is 0.469. The molecule has 3 aromatic rings. The molecule has 1 aromatic heterocycles. The van der Waals surface area contributed by atoms with Gasteiger partial charge < -0.3 is 15.8 Å². The molecule has 1 amide bonds. The summed E-state index contributed by atoms with van der Waals surface area (Å²) in [4.78, 5) is 30.3. The van der Waals surface area contributed by atoms with Crippen molar-refractivity contribution in [3.8, 4) is 0 Å². The SMILES string of the molecule is CS(=O)(=O)O.CS(=O)(=O)O.NC[C@@H](C(=O)Nc1ccc2cnccc2c1)c1ccc(COC(=O)C23CC4CC(CC(C4)C2)C3)cc1. The summed E-state index contributed by atoms with van der Waals surface area (Å²) in [6.07, 6.45) is 11.9. The van der Waals surface area contributed by atoms with E-state index in [1.807, 2.05) is 48.5 Å². The maximum atomic E-state index is 13.1. The van der Waals surface area contributed by atoms with Crippen LogP contribution in [0.4, 0.5) is 5.69 Å². The lowest BCUT2D eigenvalue weighted by Gasteiger charge is -2.55. The molecule has 4 bridgehead atoms. The van der Waals surface area contributed by atoms with E-state index in [9.17, 15) is 26.4 Å². The van der Waals surface area contributed by atoms with Crippen molar-refractivity contribution in [2.45, 2.75) is 51.0 Å². The molecule has 14 heteroatoms. The van der Waals surface area contributed by atoms with E-state index in [1.54, 1.807) is 12.4 Å². The number of ether oxygens (including phenoxy) is 1. The van der Waals surface area contributed by atoms with Gasteiger partial charge in [-0.15, -0.1) is 0 Å². The van der Waals surface area contributed by atoms with Gasteiger partial charge in [0.15, 0.2) is 0 Å². The summed E-state index contributed by atoms with van der Waals surface area (Å²) >= 11 is 0. The molecule has 250 valence electrons. The predicted octanol–water partition coefficient (Wildman–Crippen LogP) is 4.18. The number of benzene rings is 2. The summed E-state index contributed by atoms with van der Waals surface area (Å²) < 4.78 is 57.6. The number of aromatic nitrogens is 1. The van der Waals surface area contributed by atoms with Crippen LogP contribution in [-0.2, 0) is 41.2 Å². The number of rotatable bonds is 7. The topological polar surface area (TPSA) is 203 Å². The minimum atomic E-state index is -3.67. The second-order valence-electron chi connectivity index (χ2n) is 12.7. The van der Waals surface area contributed by atoms with Crippen LogP contribution in [0.15, 0.2) is 60.9 Å². The molecule has 46 heavy (non-hydrogen) atoms. The maximum Gasteiger partial charge on any atom is 0.312 e. The highest BCUT2D eigenvalue weighted by Gasteiger charge is 2.55. The maximum absolute atomic E-state index is 13.1. The zero-order valence-electron chi connectivity index (χ0n) is 25.8. The van der Waals surface area contributed by atoms with Gasteiger partial charge >= 0.3 is 5.97 Å². The third-order valence-corrected chi connectivity index (χ3v) is 8.68. The van der Waals surface area contributed by atoms with Gasteiger partial charge in [-0.05, 0) is 91.0 Å². The van der Waals surface area contributed by atoms with Crippen molar-refractivity contribution >= 4 is 48.6 Å². The third-order valence-electron chi connectivity index (χ3n) is 8.68. The number of amides is 1. The first-order chi connectivity index (χ1) is 21.5. The number of hydrogen-bond donors (Lipinski definition) is 4. The monoisotopic (exact) mass is 675 g/mol. The minimum Gasteiger partial charge on any atom is -0.460 e. The van der Waals surface area contributed by atoms with Crippen molar-refractivity contribution in [1.29, 1.82) is 0 Å². The van der Waals surface area contributed by atoms with Gasteiger partial charge in [-0.3, -0.25) is 23.7 Å². The fourth-order valence-electron chi connectivity index (χ4n) is 7.29. The summed E-state index contributed by atoms with van der Waals surface area (Å²) in [5.74, 6) is 1.53.